The molecule has 2 aromatic rings. The summed E-state index contributed by atoms with van der Waals surface area (Å²) in [4.78, 5) is 14.8. The van der Waals surface area contributed by atoms with Gasteiger partial charge in [-0.2, -0.15) is 0 Å². The molecule has 33 heavy (non-hydrogen) atoms. The van der Waals surface area contributed by atoms with Gasteiger partial charge in [-0.15, -0.1) is 0 Å². The number of carbonyl (C=O) groups is 1. The van der Waals surface area contributed by atoms with Crippen LogP contribution in [0.5, 0.6) is 11.5 Å². The van der Waals surface area contributed by atoms with E-state index < -0.39 is 0 Å². The molecule has 1 saturated heterocycles. The van der Waals surface area contributed by atoms with Crippen LogP contribution in [0.4, 0.5) is 4.39 Å². The van der Waals surface area contributed by atoms with E-state index >= 15 is 0 Å². The van der Waals surface area contributed by atoms with Crippen molar-refractivity contribution in [1.29, 1.82) is 0 Å². The Balaban J connectivity index is 1.55. The Kier molecular flexibility index (Phi) is 7.65. The Labute approximate surface area is 207 Å². The van der Waals surface area contributed by atoms with Crippen LogP contribution in [-0.2, 0) is 11.4 Å². The van der Waals surface area contributed by atoms with Crippen LogP contribution in [0.25, 0.3) is 6.08 Å². The molecule has 0 bridgehead atoms. The van der Waals surface area contributed by atoms with E-state index in [4.69, 9.17) is 21.7 Å². The lowest BCUT2D eigenvalue weighted by Gasteiger charge is -2.29. The zero-order valence-electron chi connectivity index (χ0n) is 18.4. The molecule has 1 heterocycles. The first-order chi connectivity index (χ1) is 16.0. The van der Waals surface area contributed by atoms with Crippen molar-refractivity contribution < 1.29 is 18.7 Å². The largest absolute Gasteiger partial charge is 0.490 e. The van der Waals surface area contributed by atoms with Gasteiger partial charge < -0.3 is 14.8 Å². The van der Waals surface area contributed by atoms with Crippen LogP contribution in [-0.4, -0.2) is 28.6 Å². The van der Waals surface area contributed by atoms with Gasteiger partial charge in [-0.25, -0.2) is 4.39 Å². The Hall–Kier alpha value is -2.45. The second-order valence-corrected chi connectivity index (χ2v) is 9.37. The molecule has 2 fully saturated rings. The van der Waals surface area contributed by atoms with Crippen molar-refractivity contribution >= 4 is 45.2 Å². The fourth-order valence-corrected chi connectivity index (χ4v) is 5.11. The molecule has 4 rings (SSSR count). The lowest BCUT2D eigenvalue weighted by atomic mass is 9.94. The highest BCUT2D eigenvalue weighted by Crippen LogP contribution is 2.38. The van der Waals surface area contributed by atoms with Gasteiger partial charge in [0.15, 0.2) is 16.6 Å². The summed E-state index contributed by atoms with van der Waals surface area (Å²) in [5.74, 6) is 0.730. The number of carbonyl (C=O) groups excluding carboxylic acids is 1. The fourth-order valence-electron chi connectivity index (χ4n) is 4.20. The standard InChI is InChI=1S/C25H26BrFN2O3S/c1-2-31-22-14-17(12-20(26)23(22)32-15-16-8-10-18(27)11-9-16)13-21-24(30)29(25(33)28-21)19-6-4-3-5-7-19/h8-14,19H,2-7,15H2,1H3,(H,28,33)/b21-13-. The number of benzene rings is 2. The number of hydrogen-bond acceptors (Lipinski definition) is 4. The van der Waals surface area contributed by atoms with E-state index in [1.54, 1.807) is 23.1 Å². The van der Waals surface area contributed by atoms with Crippen LogP contribution >= 0.6 is 28.1 Å². The van der Waals surface area contributed by atoms with Gasteiger partial charge in [0, 0.05) is 6.04 Å². The monoisotopic (exact) mass is 532 g/mol. The van der Waals surface area contributed by atoms with E-state index in [1.165, 1.54) is 18.6 Å². The van der Waals surface area contributed by atoms with E-state index in [1.807, 2.05) is 19.1 Å². The molecule has 1 N–H and O–H groups in total. The average molecular weight is 533 g/mol. The number of ether oxygens (including phenoxy) is 2. The van der Waals surface area contributed by atoms with E-state index in [-0.39, 0.29) is 24.4 Å². The second-order valence-electron chi connectivity index (χ2n) is 8.13. The molecular formula is C25H26BrFN2O3S. The van der Waals surface area contributed by atoms with Gasteiger partial charge in [0.25, 0.3) is 5.91 Å². The Morgan fingerprint density at radius 3 is 2.61 bits per heavy atom. The highest BCUT2D eigenvalue weighted by molar-refractivity contribution is 9.10. The van der Waals surface area contributed by atoms with Crippen LogP contribution in [0.3, 0.4) is 0 Å². The van der Waals surface area contributed by atoms with Crippen LogP contribution in [0.2, 0.25) is 0 Å². The van der Waals surface area contributed by atoms with Crippen LogP contribution in [0.1, 0.15) is 50.2 Å². The average Bonchev–Trinajstić information content (AvgIpc) is 3.08. The smallest absolute Gasteiger partial charge is 0.276 e. The molecule has 0 spiro atoms. The molecule has 1 aliphatic heterocycles. The molecule has 0 aromatic heterocycles. The van der Waals surface area contributed by atoms with Crippen molar-refractivity contribution in [3.05, 3.63) is 63.5 Å². The summed E-state index contributed by atoms with van der Waals surface area (Å²) < 4.78 is 25.6. The van der Waals surface area contributed by atoms with Crippen molar-refractivity contribution in [2.75, 3.05) is 6.61 Å². The van der Waals surface area contributed by atoms with Crippen molar-refractivity contribution in [3.63, 3.8) is 0 Å². The van der Waals surface area contributed by atoms with Crippen LogP contribution in [0.15, 0.2) is 46.6 Å². The van der Waals surface area contributed by atoms with Crippen molar-refractivity contribution in [1.82, 2.24) is 10.2 Å². The third kappa shape index (κ3) is 5.55. The lowest BCUT2D eigenvalue weighted by molar-refractivity contribution is -0.124. The highest BCUT2D eigenvalue weighted by atomic mass is 79.9. The number of nitrogens with one attached hydrogen (secondary N) is 1. The number of rotatable bonds is 7. The molecule has 2 aromatic carbocycles. The summed E-state index contributed by atoms with van der Waals surface area (Å²) in [7, 11) is 0. The minimum absolute atomic E-state index is 0.0855. The molecule has 0 radical (unpaired) electrons. The molecule has 0 atom stereocenters. The van der Waals surface area contributed by atoms with Gasteiger partial charge in [0.1, 0.15) is 18.1 Å². The number of amides is 1. The first-order valence-electron chi connectivity index (χ1n) is 11.2. The van der Waals surface area contributed by atoms with E-state index in [0.29, 0.717) is 33.4 Å². The molecule has 174 valence electrons. The zero-order chi connectivity index (χ0) is 23.4. The number of thiocarbonyl (C=S) groups is 1. The van der Waals surface area contributed by atoms with Crippen molar-refractivity contribution in [3.8, 4) is 11.5 Å². The number of nitrogens with zero attached hydrogens (tertiary/aromatic N) is 1. The topological polar surface area (TPSA) is 50.8 Å². The minimum Gasteiger partial charge on any atom is -0.490 e. The first kappa shape index (κ1) is 23.7. The van der Waals surface area contributed by atoms with E-state index in [2.05, 4.69) is 21.2 Å². The summed E-state index contributed by atoms with van der Waals surface area (Å²) in [6, 6.07) is 10.0. The molecule has 1 saturated carbocycles. The van der Waals surface area contributed by atoms with Gasteiger partial charge in [0.2, 0.25) is 0 Å². The molecule has 5 nitrogen and oxygen atoms in total. The quantitative estimate of drug-likeness (QED) is 0.352. The molecule has 1 aliphatic carbocycles. The normalized spacial score (nSPS) is 18.0. The highest BCUT2D eigenvalue weighted by Gasteiger charge is 2.36. The van der Waals surface area contributed by atoms with Crippen molar-refractivity contribution in [2.45, 2.75) is 51.7 Å². The number of hydrogen-bond donors (Lipinski definition) is 1. The molecule has 8 heteroatoms. The zero-order valence-corrected chi connectivity index (χ0v) is 20.8. The summed E-state index contributed by atoms with van der Waals surface area (Å²) in [5.41, 5.74) is 2.08. The van der Waals surface area contributed by atoms with Gasteiger partial charge in [-0.1, -0.05) is 31.4 Å². The van der Waals surface area contributed by atoms with Gasteiger partial charge in [0.05, 0.1) is 11.1 Å². The second kappa shape index (κ2) is 10.7. The lowest BCUT2D eigenvalue weighted by Crippen LogP contribution is -2.41. The van der Waals surface area contributed by atoms with Gasteiger partial charge in [-0.05, 0) is 89.4 Å². The maximum absolute atomic E-state index is 13.2. The Bertz CT molecular complexity index is 1070. The molecule has 0 unspecified atom stereocenters. The third-order valence-corrected chi connectivity index (χ3v) is 6.68. The fraction of sp³-hybridized carbons (Fsp3) is 0.360. The summed E-state index contributed by atoms with van der Waals surface area (Å²) >= 11 is 9.04. The Morgan fingerprint density at radius 1 is 1.18 bits per heavy atom. The maximum atomic E-state index is 13.2. The molecular weight excluding hydrogens is 507 g/mol. The Morgan fingerprint density at radius 2 is 1.91 bits per heavy atom. The van der Waals surface area contributed by atoms with E-state index in [9.17, 15) is 9.18 Å². The minimum atomic E-state index is -0.288. The van der Waals surface area contributed by atoms with Crippen LogP contribution < -0.4 is 14.8 Å². The molecule has 2 aliphatic rings. The van der Waals surface area contributed by atoms with E-state index in [0.717, 1.165) is 36.8 Å². The SMILES string of the molecule is CCOc1cc(/C=C2\NC(=S)N(C3CCCCC3)C2=O)cc(Br)c1OCc1ccc(F)cc1. The predicted octanol–water partition coefficient (Wildman–Crippen LogP) is 5.96. The predicted molar refractivity (Wildman–Crippen MR) is 133 cm³/mol. The molecule has 1 amide bonds. The van der Waals surface area contributed by atoms with Crippen molar-refractivity contribution in [2.24, 2.45) is 0 Å². The van der Waals surface area contributed by atoms with Gasteiger partial charge in [-0.3, -0.25) is 9.69 Å². The number of halogens is 2. The first-order valence-corrected chi connectivity index (χ1v) is 12.4. The summed E-state index contributed by atoms with van der Waals surface area (Å²) in [6.45, 7) is 2.62. The summed E-state index contributed by atoms with van der Waals surface area (Å²) in [6.07, 6.45) is 7.22. The van der Waals surface area contributed by atoms with Gasteiger partial charge >= 0.3 is 0 Å². The summed E-state index contributed by atoms with van der Waals surface area (Å²) in [5, 5.41) is 3.56. The van der Waals surface area contributed by atoms with Crippen LogP contribution in [0, 0.1) is 5.82 Å². The maximum Gasteiger partial charge on any atom is 0.276 e. The third-order valence-electron chi connectivity index (χ3n) is 5.79.